The van der Waals surface area contributed by atoms with E-state index in [9.17, 15) is 9.59 Å². The number of nitrogens with zero attached hydrogens (tertiary/aromatic N) is 1. The van der Waals surface area contributed by atoms with E-state index >= 15 is 0 Å². The van der Waals surface area contributed by atoms with Crippen LogP contribution < -0.4 is 10.6 Å². The van der Waals surface area contributed by atoms with Crippen LogP contribution in [0.3, 0.4) is 0 Å². The summed E-state index contributed by atoms with van der Waals surface area (Å²) in [6.45, 7) is 1.50. The number of carbonyl (C=O) groups excluding carboxylic acids is 2. The Bertz CT molecular complexity index is 639. The fourth-order valence-corrected chi connectivity index (χ4v) is 4.45. The van der Waals surface area contributed by atoms with Crippen molar-refractivity contribution in [2.75, 3.05) is 20.1 Å². The monoisotopic (exact) mass is 413 g/mol. The third kappa shape index (κ3) is 5.15. The lowest BCUT2D eigenvalue weighted by Crippen LogP contribution is -2.49. The molecule has 0 aromatic heterocycles. The second-order valence-corrected chi connectivity index (χ2v) is 7.77. The van der Waals surface area contributed by atoms with Gasteiger partial charge in [0.15, 0.2) is 0 Å². The molecule has 0 spiro atoms. The molecule has 5 nitrogen and oxygen atoms in total. The summed E-state index contributed by atoms with van der Waals surface area (Å²) in [6, 6.07) is 6.79. The molecule has 1 heterocycles. The normalized spacial score (nSPS) is 24.1. The summed E-state index contributed by atoms with van der Waals surface area (Å²) in [7, 11) is 1.90. The first kappa shape index (κ1) is 22.0. The lowest BCUT2D eigenvalue weighted by Gasteiger charge is -2.33. The maximum absolute atomic E-state index is 13.2. The van der Waals surface area contributed by atoms with Crippen LogP contribution in [-0.2, 0) is 4.79 Å². The maximum Gasteiger partial charge on any atom is 0.254 e. The lowest BCUT2D eigenvalue weighted by atomic mass is 9.84. The molecule has 1 aliphatic heterocycles. The summed E-state index contributed by atoms with van der Waals surface area (Å²) in [5, 5.41) is 6.71. The average molecular weight is 414 g/mol. The van der Waals surface area contributed by atoms with Crippen molar-refractivity contribution in [3.05, 3.63) is 34.9 Å². The predicted molar refractivity (Wildman–Crippen MR) is 111 cm³/mol. The molecular weight excluding hydrogens is 385 g/mol. The molecule has 1 aromatic rings. The third-order valence-electron chi connectivity index (χ3n) is 5.62. The maximum atomic E-state index is 13.2. The van der Waals surface area contributed by atoms with Gasteiger partial charge in [0, 0.05) is 23.2 Å². The van der Waals surface area contributed by atoms with Crippen molar-refractivity contribution in [1.82, 2.24) is 15.5 Å². The van der Waals surface area contributed by atoms with Crippen molar-refractivity contribution in [1.29, 1.82) is 0 Å². The second-order valence-electron chi connectivity index (χ2n) is 7.33. The molecule has 0 bridgehead atoms. The van der Waals surface area contributed by atoms with E-state index in [4.69, 9.17) is 11.6 Å². The van der Waals surface area contributed by atoms with Gasteiger partial charge in [-0.25, -0.2) is 0 Å². The van der Waals surface area contributed by atoms with Gasteiger partial charge in [-0.15, -0.1) is 12.4 Å². The number of rotatable bonds is 6. The van der Waals surface area contributed by atoms with Crippen molar-refractivity contribution < 1.29 is 9.59 Å². The van der Waals surface area contributed by atoms with Crippen LogP contribution in [-0.4, -0.2) is 48.9 Å². The number of hydrogen-bond acceptors (Lipinski definition) is 3. The van der Waals surface area contributed by atoms with E-state index in [0.29, 0.717) is 23.0 Å². The van der Waals surface area contributed by atoms with Crippen LogP contribution in [0.1, 0.15) is 48.9 Å². The zero-order chi connectivity index (χ0) is 18.5. The smallest absolute Gasteiger partial charge is 0.254 e. The van der Waals surface area contributed by atoms with Crippen molar-refractivity contribution in [3.63, 3.8) is 0 Å². The molecule has 2 fully saturated rings. The SMILES string of the molecule is CNCCCNC(=O)C1CC2CCCCC2N1C(=O)c1ccc(Cl)cc1.Cl. The summed E-state index contributed by atoms with van der Waals surface area (Å²) in [5.41, 5.74) is 0.605. The molecule has 2 N–H and O–H groups in total. The van der Waals surface area contributed by atoms with Crippen LogP contribution in [0.25, 0.3) is 0 Å². The fraction of sp³-hybridized carbons (Fsp3) is 0.600. The van der Waals surface area contributed by atoms with Gasteiger partial charge < -0.3 is 15.5 Å². The highest BCUT2D eigenvalue weighted by atomic mass is 35.5. The number of halogens is 2. The molecule has 27 heavy (non-hydrogen) atoms. The van der Waals surface area contributed by atoms with Crippen LogP contribution >= 0.6 is 24.0 Å². The highest BCUT2D eigenvalue weighted by Crippen LogP contribution is 2.40. The van der Waals surface area contributed by atoms with E-state index in [1.54, 1.807) is 24.3 Å². The van der Waals surface area contributed by atoms with Gasteiger partial charge >= 0.3 is 0 Å². The molecule has 7 heteroatoms. The van der Waals surface area contributed by atoms with Crippen molar-refractivity contribution in [2.45, 2.75) is 50.6 Å². The Labute approximate surface area is 172 Å². The van der Waals surface area contributed by atoms with Crippen molar-refractivity contribution in [2.24, 2.45) is 5.92 Å². The zero-order valence-corrected chi connectivity index (χ0v) is 17.3. The number of amides is 2. The third-order valence-corrected chi connectivity index (χ3v) is 5.87. The van der Waals surface area contributed by atoms with Crippen LogP contribution in [0.4, 0.5) is 0 Å². The molecule has 150 valence electrons. The van der Waals surface area contributed by atoms with Gasteiger partial charge in [-0.2, -0.15) is 0 Å². The summed E-state index contributed by atoms with van der Waals surface area (Å²) < 4.78 is 0. The van der Waals surface area contributed by atoms with Gasteiger partial charge in [0.1, 0.15) is 6.04 Å². The molecule has 0 radical (unpaired) electrons. The Balaban J connectivity index is 0.00000261. The Morgan fingerprint density at radius 3 is 2.56 bits per heavy atom. The standard InChI is InChI=1S/C20H28ClN3O2.ClH/c1-22-11-4-12-23-19(25)18-13-15-5-2-3-6-17(15)24(18)20(26)14-7-9-16(21)10-8-14;/h7-10,15,17-18,22H,2-6,11-13H2,1H3,(H,23,25);1H. The first-order valence-electron chi connectivity index (χ1n) is 9.62. The summed E-state index contributed by atoms with van der Waals surface area (Å²) in [4.78, 5) is 27.9. The molecular formula is C20H29Cl2N3O2. The number of hydrogen-bond donors (Lipinski definition) is 2. The van der Waals surface area contributed by atoms with Gasteiger partial charge in [0.2, 0.25) is 5.91 Å². The molecule has 1 aliphatic carbocycles. The van der Waals surface area contributed by atoms with E-state index in [1.165, 1.54) is 6.42 Å². The second kappa shape index (κ2) is 10.3. The number of benzene rings is 1. The molecule has 1 saturated carbocycles. The summed E-state index contributed by atoms with van der Waals surface area (Å²) in [6.07, 6.45) is 6.09. The minimum atomic E-state index is -0.360. The van der Waals surface area contributed by atoms with E-state index in [1.807, 2.05) is 11.9 Å². The summed E-state index contributed by atoms with van der Waals surface area (Å²) >= 11 is 5.95. The minimum Gasteiger partial charge on any atom is -0.354 e. The molecule has 1 aromatic carbocycles. The van der Waals surface area contributed by atoms with Crippen LogP contribution in [0.5, 0.6) is 0 Å². The largest absolute Gasteiger partial charge is 0.354 e. The molecule has 2 amide bonds. The van der Waals surface area contributed by atoms with E-state index < -0.39 is 0 Å². The topological polar surface area (TPSA) is 61.4 Å². The Morgan fingerprint density at radius 1 is 1.15 bits per heavy atom. The number of carbonyl (C=O) groups is 2. The summed E-state index contributed by atoms with van der Waals surface area (Å²) in [5.74, 6) is 0.373. The molecule has 3 rings (SSSR count). The van der Waals surface area contributed by atoms with Crippen molar-refractivity contribution >= 4 is 35.8 Å². The molecule has 2 aliphatic rings. The highest BCUT2D eigenvalue weighted by molar-refractivity contribution is 6.30. The average Bonchev–Trinajstić information content (AvgIpc) is 3.05. The van der Waals surface area contributed by atoms with Gasteiger partial charge in [-0.1, -0.05) is 24.4 Å². The first-order chi connectivity index (χ1) is 12.6. The van der Waals surface area contributed by atoms with Crippen molar-refractivity contribution in [3.8, 4) is 0 Å². The molecule has 3 unspecified atom stereocenters. The highest BCUT2D eigenvalue weighted by Gasteiger charge is 2.47. The number of nitrogens with one attached hydrogen (secondary N) is 2. The Hall–Kier alpha value is -1.30. The Kier molecular flexibility index (Phi) is 8.39. The minimum absolute atomic E-state index is 0. The van der Waals surface area contributed by atoms with Gasteiger partial charge in [-0.3, -0.25) is 9.59 Å². The fourth-order valence-electron chi connectivity index (χ4n) is 4.32. The van der Waals surface area contributed by atoms with Gasteiger partial charge in [0.25, 0.3) is 5.91 Å². The molecule has 1 saturated heterocycles. The predicted octanol–water partition coefficient (Wildman–Crippen LogP) is 3.26. The number of likely N-dealkylation sites (tertiary alicyclic amines) is 1. The first-order valence-corrected chi connectivity index (χ1v) is 10.00. The van der Waals surface area contributed by atoms with E-state index in [-0.39, 0.29) is 36.3 Å². The van der Waals surface area contributed by atoms with E-state index in [2.05, 4.69) is 10.6 Å². The molecule has 3 atom stereocenters. The van der Waals surface area contributed by atoms with Crippen LogP contribution in [0.2, 0.25) is 5.02 Å². The lowest BCUT2D eigenvalue weighted by molar-refractivity contribution is -0.125. The van der Waals surface area contributed by atoms with Crippen LogP contribution in [0, 0.1) is 5.92 Å². The van der Waals surface area contributed by atoms with E-state index in [0.717, 1.165) is 38.6 Å². The Morgan fingerprint density at radius 2 is 1.85 bits per heavy atom. The zero-order valence-electron chi connectivity index (χ0n) is 15.7. The van der Waals surface area contributed by atoms with Gasteiger partial charge in [-0.05, 0) is 69.5 Å². The van der Waals surface area contributed by atoms with Gasteiger partial charge in [0.05, 0.1) is 0 Å². The van der Waals surface area contributed by atoms with Crippen LogP contribution in [0.15, 0.2) is 24.3 Å². The quantitative estimate of drug-likeness (QED) is 0.703. The number of fused-ring (bicyclic) bond motifs is 1.